The number of methoxy groups -OCH3 is 1. The largest absolute Gasteiger partial charge is 0.468 e. The molecule has 0 atom stereocenters. The van der Waals surface area contributed by atoms with Crippen LogP contribution in [0, 0.1) is 0 Å². The number of carbonyl (C=O) groups is 2. The summed E-state index contributed by atoms with van der Waals surface area (Å²) >= 11 is 2.82. The van der Waals surface area contributed by atoms with Gasteiger partial charge in [-0.2, -0.15) is 4.99 Å². The molecule has 3 heterocycles. The van der Waals surface area contributed by atoms with Gasteiger partial charge >= 0.3 is 5.97 Å². The van der Waals surface area contributed by atoms with E-state index in [1.807, 2.05) is 23.6 Å². The SMILES string of the molecule is COC(=O)Cn1c(=NC(=O)/C=C/c2cccs2)sc2cc3c(cc21)OCO3. The van der Waals surface area contributed by atoms with Gasteiger partial charge in [0.2, 0.25) is 6.79 Å². The lowest BCUT2D eigenvalue weighted by Gasteiger charge is -2.04. The Morgan fingerprint density at radius 2 is 2.15 bits per heavy atom. The highest BCUT2D eigenvalue weighted by molar-refractivity contribution is 7.16. The second-order valence-electron chi connectivity index (χ2n) is 5.52. The number of amides is 1. The van der Waals surface area contributed by atoms with Crippen LogP contribution < -0.4 is 14.3 Å². The Labute approximate surface area is 161 Å². The lowest BCUT2D eigenvalue weighted by Crippen LogP contribution is -2.22. The quantitative estimate of drug-likeness (QED) is 0.495. The number of nitrogens with zero attached hydrogens (tertiary/aromatic N) is 2. The summed E-state index contributed by atoms with van der Waals surface area (Å²) in [6.45, 7) is 0.101. The number of thiazole rings is 1. The number of thiophene rings is 1. The molecule has 0 saturated carbocycles. The Morgan fingerprint density at radius 3 is 2.89 bits per heavy atom. The molecule has 0 unspecified atom stereocenters. The van der Waals surface area contributed by atoms with Crippen LogP contribution >= 0.6 is 22.7 Å². The predicted octanol–water partition coefficient (Wildman–Crippen LogP) is 2.81. The zero-order valence-electron chi connectivity index (χ0n) is 14.2. The summed E-state index contributed by atoms with van der Waals surface area (Å²) < 4.78 is 18.0. The number of aromatic nitrogens is 1. The van der Waals surface area contributed by atoms with Crippen molar-refractivity contribution in [3.05, 3.63) is 45.4 Å². The molecule has 0 bridgehead atoms. The minimum Gasteiger partial charge on any atom is -0.468 e. The van der Waals surface area contributed by atoms with E-state index in [4.69, 9.17) is 14.2 Å². The minimum absolute atomic E-state index is 0.0586. The minimum atomic E-state index is -0.435. The van der Waals surface area contributed by atoms with E-state index in [1.54, 1.807) is 16.7 Å². The van der Waals surface area contributed by atoms with Crippen molar-refractivity contribution in [2.45, 2.75) is 6.54 Å². The van der Waals surface area contributed by atoms with Gasteiger partial charge in [-0.05, 0) is 17.5 Å². The van der Waals surface area contributed by atoms with E-state index in [0.29, 0.717) is 16.3 Å². The van der Waals surface area contributed by atoms with E-state index in [1.165, 1.54) is 35.9 Å². The van der Waals surface area contributed by atoms with E-state index in [2.05, 4.69) is 4.99 Å². The van der Waals surface area contributed by atoms with E-state index < -0.39 is 11.9 Å². The van der Waals surface area contributed by atoms with E-state index in [0.717, 1.165) is 15.1 Å². The number of esters is 1. The van der Waals surface area contributed by atoms with E-state index >= 15 is 0 Å². The molecular formula is C18H14N2O5S2. The Balaban J connectivity index is 1.77. The van der Waals surface area contributed by atoms with Crippen LogP contribution in [0.3, 0.4) is 0 Å². The standard InChI is InChI=1S/C18H14N2O5S2/c1-23-17(22)9-20-12-7-13-14(25-10-24-13)8-15(12)27-18(20)19-16(21)5-4-11-3-2-6-26-11/h2-8H,9-10H2,1H3/b5-4+,19-18?. The van der Waals surface area contributed by atoms with Gasteiger partial charge < -0.3 is 18.8 Å². The molecule has 7 nitrogen and oxygen atoms in total. The molecule has 9 heteroatoms. The Hall–Kier alpha value is -2.91. The lowest BCUT2D eigenvalue weighted by molar-refractivity contribution is -0.141. The molecule has 0 aliphatic carbocycles. The Bertz CT molecular complexity index is 1110. The van der Waals surface area contributed by atoms with Crippen molar-refractivity contribution < 1.29 is 23.8 Å². The first-order valence-corrected chi connectivity index (χ1v) is 9.64. The summed E-state index contributed by atoms with van der Waals surface area (Å²) in [6, 6.07) is 7.42. The average Bonchev–Trinajstić information content (AvgIpc) is 3.39. The lowest BCUT2D eigenvalue weighted by atomic mass is 10.3. The molecule has 1 aromatic carbocycles. The van der Waals surface area contributed by atoms with Crippen LogP contribution in [-0.4, -0.2) is 30.3 Å². The van der Waals surface area contributed by atoms with Crippen LogP contribution in [0.5, 0.6) is 11.5 Å². The summed E-state index contributed by atoms with van der Waals surface area (Å²) in [5.74, 6) is 0.378. The van der Waals surface area contributed by atoms with Crippen molar-refractivity contribution >= 4 is 50.8 Å². The fourth-order valence-electron chi connectivity index (χ4n) is 2.56. The van der Waals surface area contributed by atoms with Crippen molar-refractivity contribution in [2.75, 3.05) is 13.9 Å². The van der Waals surface area contributed by atoms with Crippen molar-refractivity contribution in [3.8, 4) is 11.5 Å². The third-order valence-electron chi connectivity index (χ3n) is 3.83. The summed E-state index contributed by atoms with van der Waals surface area (Å²) in [7, 11) is 1.32. The van der Waals surface area contributed by atoms with Crippen LogP contribution in [0.25, 0.3) is 16.3 Å². The second kappa shape index (κ2) is 7.37. The highest BCUT2D eigenvalue weighted by Crippen LogP contribution is 2.36. The number of ether oxygens (including phenoxy) is 3. The maximum atomic E-state index is 12.3. The first-order valence-electron chi connectivity index (χ1n) is 7.94. The Morgan fingerprint density at radius 1 is 1.33 bits per heavy atom. The van der Waals surface area contributed by atoms with Gasteiger partial charge in [0.25, 0.3) is 5.91 Å². The van der Waals surface area contributed by atoms with E-state index in [-0.39, 0.29) is 13.3 Å². The van der Waals surface area contributed by atoms with Gasteiger partial charge in [0.15, 0.2) is 16.3 Å². The molecule has 4 rings (SSSR count). The Kier molecular flexibility index (Phi) is 4.78. The summed E-state index contributed by atoms with van der Waals surface area (Å²) in [5.41, 5.74) is 0.725. The van der Waals surface area contributed by atoms with Gasteiger partial charge in [0.1, 0.15) is 6.54 Å². The molecule has 3 aromatic rings. The third kappa shape index (κ3) is 3.64. The fourth-order valence-corrected chi connectivity index (χ4v) is 4.23. The maximum Gasteiger partial charge on any atom is 0.325 e. The average molecular weight is 402 g/mol. The molecule has 0 saturated heterocycles. The van der Waals surface area contributed by atoms with E-state index in [9.17, 15) is 9.59 Å². The molecule has 0 N–H and O–H groups in total. The summed E-state index contributed by atoms with van der Waals surface area (Å²) in [4.78, 5) is 29.6. The van der Waals surface area contributed by atoms with Crippen LogP contribution in [0.15, 0.2) is 40.7 Å². The number of hydrogen-bond donors (Lipinski definition) is 0. The molecule has 138 valence electrons. The molecule has 2 aromatic heterocycles. The molecule has 1 amide bonds. The van der Waals surface area contributed by atoms with Crippen LogP contribution in [0.1, 0.15) is 4.88 Å². The smallest absolute Gasteiger partial charge is 0.325 e. The van der Waals surface area contributed by atoms with Gasteiger partial charge in [-0.15, -0.1) is 11.3 Å². The molecule has 1 aliphatic rings. The normalized spacial score (nSPS) is 13.6. The first-order chi connectivity index (χ1) is 13.1. The molecular weight excluding hydrogens is 388 g/mol. The molecule has 1 aliphatic heterocycles. The molecule has 0 radical (unpaired) electrons. The number of carbonyl (C=O) groups excluding carboxylic acids is 2. The predicted molar refractivity (Wildman–Crippen MR) is 102 cm³/mol. The van der Waals surface area contributed by atoms with Crippen molar-refractivity contribution in [3.63, 3.8) is 0 Å². The topological polar surface area (TPSA) is 79.1 Å². The molecule has 0 spiro atoms. The van der Waals surface area contributed by atoms with Gasteiger partial charge in [0.05, 0.1) is 17.3 Å². The van der Waals surface area contributed by atoms with Crippen molar-refractivity contribution in [1.82, 2.24) is 4.57 Å². The van der Waals surface area contributed by atoms with Gasteiger partial charge in [-0.3, -0.25) is 9.59 Å². The van der Waals surface area contributed by atoms with Gasteiger partial charge in [0, 0.05) is 23.1 Å². The van der Waals surface area contributed by atoms with Crippen LogP contribution in [-0.2, 0) is 20.9 Å². The fraction of sp³-hybridized carbons (Fsp3) is 0.167. The highest BCUT2D eigenvalue weighted by atomic mass is 32.1. The highest BCUT2D eigenvalue weighted by Gasteiger charge is 2.19. The van der Waals surface area contributed by atoms with Crippen LogP contribution in [0.4, 0.5) is 0 Å². The van der Waals surface area contributed by atoms with Gasteiger partial charge in [-0.1, -0.05) is 17.4 Å². The van der Waals surface area contributed by atoms with Gasteiger partial charge in [-0.25, -0.2) is 0 Å². The van der Waals surface area contributed by atoms with Crippen molar-refractivity contribution in [1.29, 1.82) is 0 Å². The van der Waals surface area contributed by atoms with Crippen LogP contribution in [0.2, 0.25) is 0 Å². The number of rotatable bonds is 4. The zero-order chi connectivity index (χ0) is 18.8. The summed E-state index contributed by atoms with van der Waals surface area (Å²) in [6.07, 6.45) is 3.12. The number of benzene rings is 1. The number of hydrogen-bond acceptors (Lipinski definition) is 7. The maximum absolute atomic E-state index is 12.3. The molecule has 0 fully saturated rings. The first kappa shape index (κ1) is 17.5. The van der Waals surface area contributed by atoms with Crippen molar-refractivity contribution in [2.24, 2.45) is 4.99 Å². The zero-order valence-corrected chi connectivity index (χ0v) is 15.8. The third-order valence-corrected chi connectivity index (χ3v) is 5.71. The second-order valence-corrected chi connectivity index (χ2v) is 7.51. The number of fused-ring (bicyclic) bond motifs is 2. The summed E-state index contributed by atoms with van der Waals surface area (Å²) in [5, 5.41) is 1.93. The monoisotopic (exact) mass is 402 g/mol. The molecule has 27 heavy (non-hydrogen) atoms.